The Kier molecular flexibility index (Phi) is 5.10. The Bertz CT molecular complexity index is 653. The molecule has 0 unspecified atom stereocenters. The van der Waals surface area contributed by atoms with Crippen molar-refractivity contribution in [1.29, 1.82) is 0 Å². The number of carbonyl (C=O) groups excluding carboxylic acids is 2. The van der Waals surface area contributed by atoms with Gasteiger partial charge in [-0.15, -0.1) is 11.3 Å². The van der Waals surface area contributed by atoms with Crippen molar-refractivity contribution in [3.63, 3.8) is 0 Å². The lowest BCUT2D eigenvalue weighted by atomic mass is 10.2. The summed E-state index contributed by atoms with van der Waals surface area (Å²) in [5, 5.41) is 6.25. The maximum absolute atomic E-state index is 12.1. The summed E-state index contributed by atoms with van der Waals surface area (Å²) in [6, 6.07) is 3.62. The molecule has 0 aliphatic heterocycles. The molecular formula is C14H18N4O2S. The highest BCUT2D eigenvalue weighted by Gasteiger charge is 2.16. The highest BCUT2D eigenvalue weighted by atomic mass is 32.1. The zero-order valence-electron chi connectivity index (χ0n) is 11.8. The molecule has 0 fully saturated rings. The van der Waals surface area contributed by atoms with Crippen LogP contribution in [0.4, 0.5) is 5.69 Å². The molecular weight excluding hydrogens is 288 g/mol. The molecule has 0 radical (unpaired) electrons. The largest absolute Gasteiger partial charge is 0.397 e. The normalized spacial score (nSPS) is 10.5. The average Bonchev–Trinajstić information content (AvgIpc) is 2.83. The number of rotatable bonds is 6. The maximum Gasteiger partial charge on any atom is 0.263 e. The van der Waals surface area contributed by atoms with Gasteiger partial charge in [-0.1, -0.05) is 6.92 Å². The zero-order chi connectivity index (χ0) is 15.2. The molecule has 0 atom stereocenters. The molecule has 6 nitrogen and oxygen atoms in total. The molecule has 2 rings (SSSR count). The first-order valence-corrected chi connectivity index (χ1v) is 7.63. The number of aromatic nitrogens is 1. The van der Waals surface area contributed by atoms with Crippen LogP contribution in [0.25, 0.3) is 10.2 Å². The van der Waals surface area contributed by atoms with E-state index in [-0.39, 0.29) is 24.8 Å². The second kappa shape index (κ2) is 7.03. The molecule has 2 aromatic heterocycles. The number of anilines is 1. The molecule has 0 saturated heterocycles. The molecule has 2 amide bonds. The van der Waals surface area contributed by atoms with Crippen LogP contribution in [-0.4, -0.2) is 29.9 Å². The number of hydrogen-bond donors (Lipinski definition) is 3. The van der Waals surface area contributed by atoms with Crippen LogP contribution in [0.2, 0.25) is 0 Å². The molecule has 0 aliphatic carbocycles. The van der Waals surface area contributed by atoms with Crippen LogP contribution in [-0.2, 0) is 4.79 Å². The highest BCUT2D eigenvalue weighted by Crippen LogP contribution is 2.31. The minimum absolute atomic E-state index is 0.0665. The van der Waals surface area contributed by atoms with E-state index >= 15 is 0 Å². The van der Waals surface area contributed by atoms with Crippen molar-refractivity contribution in [2.45, 2.75) is 19.8 Å². The number of nitrogen functional groups attached to an aromatic ring is 1. The van der Waals surface area contributed by atoms with Gasteiger partial charge in [0.2, 0.25) is 5.91 Å². The summed E-state index contributed by atoms with van der Waals surface area (Å²) in [4.78, 5) is 28.9. The van der Waals surface area contributed by atoms with Crippen LogP contribution in [0.5, 0.6) is 0 Å². The first-order chi connectivity index (χ1) is 10.1. The summed E-state index contributed by atoms with van der Waals surface area (Å²) in [6.45, 7) is 2.93. The van der Waals surface area contributed by atoms with Crippen molar-refractivity contribution >= 4 is 39.1 Å². The molecule has 0 spiro atoms. The lowest BCUT2D eigenvalue weighted by Gasteiger charge is -2.05. The molecule has 0 aliphatic rings. The Labute approximate surface area is 126 Å². The Balaban J connectivity index is 1.93. The standard InChI is InChI=1S/C14H18N4O2S/c1-2-6-16-10(19)5-8-17-13(20)12-11(15)9-4-3-7-18-14(9)21-12/h3-4,7H,2,5-6,8,15H2,1H3,(H,16,19)(H,17,20). The second-order valence-electron chi connectivity index (χ2n) is 4.56. The van der Waals surface area contributed by atoms with Gasteiger partial charge < -0.3 is 16.4 Å². The highest BCUT2D eigenvalue weighted by molar-refractivity contribution is 7.21. The van der Waals surface area contributed by atoms with Gasteiger partial charge >= 0.3 is 0 Å². The predicted molar refractivity (Wildman–Crippen MR) is 84.3 cm³/mol. The summed E-state index contributed by atoms with van der Waals surface area (Å²) < 4.78 is 0. The number of pyridine rings is 1. The fourth-order valence-electron chi connectivity index (χ4n) is 1.84. The van der Waals surface area contributed by atoms with Crippen molar-refractivity contribution in [3.05, 3.63) is 23.2 Å². The van der Waals surface area contributed by atoms with Crippen LogP contribution in [0.3, 0.4) is 0 Å². The smallest absolute Gasteiger partial charge is 0.263 e. The van der Waals surface area contributed by atoms with Gasteiger partial charge in [0.15, 0.2) is 0 Å². The summed E-state index contributed by atoms with van der Waals surface area (Å²) in [5.41, 5.74) is 6.41. The number of hydrogen-bond acceptors (Lipinski definition) is 5. The number of nitrogens with one attached hydrogen (secondary N) is 2. The van der Waals surface area contributed by atoms with Crippen LogP contribution in [0.15, 0.2) is 18.3 Å². The quantitative estimate of drug-likeness (QED) is 0.754. The molecule has 0 saturated carbocycles. The van der Waals surface area contributed by atoms with Crippen molar-refractivity contribution in [3.8, 4) is 0 Å². The minimum atomic E-state index is -0.265. The van der Waals surface area contributed by atoms with E-state index in [0.717, 1.165) is 16.6 Å². The van der Waals surface area contributed by atoms with Gasteiger partial charge in [-0.2, -0.15) is 0 Å². The number of fused-ring (bicyclic) bond motifs is 1. The second-order valence-corrected chi connectivity index (χ2v) is 5.56. The molecule has 112 valence electrons. The van der Waals surface area contributed by atoms with Gasteiger partial charge in [0, 0.05) is 31.1 Å². The van der Waals surface area contributed by atoms with E-state index in [1.54, 1.807) is 12.3 Å². The maximum atomic E-state index is 12.1. The molecule has 0 aromatic carbocycles. The van der Waals surface area contributed by atoms with Gasteiger partial charge in [0.05, 0.1) is 5.69 Å². The Morgan fingerprint density at radius 3 is 2.86 bits per heavy atom. The van der Waals surface area contributed by atoms with Crippen molar-refractivity contribution in [1.82, 2.24) is 15.6 Å². The molecule has 21 heavy (non-hydrogen) atoms. The van der Waals surface area contributed by atoms with Crippen molar-refractivity contribution in [2.75, 3.05) is 18.8 Å². The van der Waals surface area contributed by atoms with E-state index in [1.807, 2.05) is 13.0 Å². The topological polar surface area (TPSA) is 97.1 Å². The fourth-order valence-corrected chi connectivity index (χ4v) is 2.82. The lowest BCUT2D eigenvalue weighted by molar-refractivity contribution is -0.120. The SMILES string of the molecule is CCCNC(=O)CCNC(=O)c1sc2ncccc2c1N. The van der Waals surface area contributed by atoms with Gasteiger partial charge in [0.25, 0.3) is 5.91 Å². The van der Waals surface area contributed by atoms with E-state index < -0.39 is 0 Å². The van der Waals surface area contributed by atoms with Gasteiger partial charge in [-0.05, 0) is 18.6 Å². The first-order valence-electron chi connectivity index (χ1n) is 6.81. The van der Waals surface area contributed by atoms with Crippen LogP contribution in [0, 0.1) is 0 Å². The number of thiophene rings is 1. The van der Waals surface area contributed by atoms with Gasteiger partial charge in [0.1, 0.15) is 9.71 Å². The average molecular weight is 306 g/mol. The van der Waals surface area contributed by atoms with Gasteiger partial charge in [-0.25, -0.2) is 4.98 Å². The van der Waals surface area contributed by atoms with E-state index in [0.29, 0.717) is 17.1 Å². The third-order valence-electron chi connectivity index (χ3n) is 2.92. The van der Waals surface area contributed by atoms with E-state index in [9.17, 15) is 9.59 Å². The van der Waals surface area contributed by atoms with Crippen LogP contribution >= 0.6 is 11.3 Å². The van der Waals surface area contributed by atoms with Gasteiger partial charge in [-0.3, -0.25) is 9.59 Å². The predicted octanol–water partition coefficient (Wildman–Crippen LogP) is 1.52. The minimum Gasteiger partial charge on any atom is -0.397 e. The zero-order valence-corrected chi connectivity index (χ0v) is 12.6. The Hall–Kier alpha value is -2.15. The van der Waals surface area contributed by atoms with Crippen molar-refractivity contribution < 1.29 is 9.59 Å². The third-order valence-corrected chi connectivity index (χ3v) is 4.05. The fraction of sp³-hybridized carbons (Fsp3) is 0.357. The Morgan fingerprint density at radius 2 is 2.14 bits per heavy atom. The summed E-state index contributed by atoms with van der Waals surface area (Å²) in [6.07, 6.45) is 2.82. The Morgan fingerprint density at radius 1 is 1.33 bits per heavy atom. The first kappa shape index (κ1) is 15.2. The van der Waals surface area contributed by atoms with Crippen molar-refractivity contribution in [2.24, 2.45) is 0 Å². The molecule has 2 heterocycles. The summed E-state index contributed by atoms with van der Waals surface area (Å²) in [5.74, 6) is -0.332. The monoisotopic (exact) mass is 306 g/mol. The third kappa shape index (κ3) is 3.69. The number of carbonyl (C=O) groups is 2. The summed E-state index contributed by atoms with van der Waals surface area (Å²) in [7, 11) is 0. The van der Waals surface area contributed by atoms with E-state index in [4.69, 9.17) is 5.73 Å². The van der Waals surface area contributed by atoms with E-state index in [1.165, 1.54) is 11.3 Å². The number of amides is 2. The van der Waals surface area contributed by atoms with Crippen LogP contribution in [0.1, 0.15) is 29.4 Å². The lowest BCUT2D eigenvalue weighted by Crippen LogP contribution is -2.30. The number of nitrogens with zero attached hydrogens (tertiary/aromatic N) is 1. The van der Waals surface area contributed by atoms with E-state index in [2.05, 4.69) is 15.6 Å². The molecule has 2 aromatic rings. The van der Waals surface area contributed by atoms with Crippen LogP contribution < -0.4 is 16.4 Å². The summed E-state index contributed by atoms with van der Waals surface area (Å²) >= 11 is 1.26. The molecule has 0 bridgehead atoms. The molecule has 4 N–H and O–H groups in total. The molecule has 7 heteroatoms. The number of nitrogens with two attached hydrogens (primary N) is 1.